The van der Waals surface area contributed by atoms with Gasteiger partial charge in [-0.05, 0) is 31.0 Å². The van der Waals surface area contributed by atoms with Gasteiger partial charge in [0.05, 0.1) is 6.10 Å². The van der Waals surface area contributed by atoms with Crippen molar-refractivity contribution in [1.82, 2.24) is 10.6 Å². The number of carbonyl (C=O) groups excluding carboxylic acids is 1. The zero-order valence-electron chi connectivity index (χ0n) is 12.1. The Morgan fingerprint density at radius 3 is 2.45 bits per heavy atom. The maximum atomic E-state index is 12.0. The summed E-state index contributed by atoms with van der Waals surface area (Å²) in [5, 5.41) is 14.2. The van der Waals surface area contributed by atoms with E-state index in [-0.39, 0.29) is 18.3 Å². The first-order valence-electron chi connectivity index (χ1n) is 6.74. The number of benzene rings is 1. The first kappa shape index (κ1) is 18.1. The highest BCUT2D eigenvalue weighted by molar-refractivity contribution is 5.73. The number of alkyl halides is 3. The summed E-state index contributed by atoms with van der Waals surface area (Å²) in [5.41, 5.74) is 0.727. The van der Waals surface area contributed by atoms with Crippen LogP contribution in [0.4, 0.5) is 18.0 Å². The Morgan fingerprint density at radius 1 is 1.27 bits per heavy atom. The number of carbonyl (C=O) groups is 1. The van der Waals surface area contributed by atoms with Crippen LogP contribution in [-0.4, -0.2) is 36.6 Å². The molecule has 0 radical (unpaired) electrons. The van der Waals surface area contributed by atoms with Crippen molar-refractivity contribution >= 4 is 6.03 Å². The molecule has 0 spiro atoms. The predicted octanol–water partition coefficient (Wildman–Crippen LogP) is 2.20. The summed E-state index contributed by atoms with van der Waals surface area (Å²) in [6.45, 7) is 0.881. The Morgan fingerprint density at radius 2 is 1.91 bits per heavy atom. The number of rotatable bonds is 7. The Hall–Kier alpha value is -1.96. The maximum Gasteiger partial charge on any atom is 0.422 e. The molecule has 5 nitrogen and oxygen atoms in total. The number of urea groups is 1. The Bertz CT molecular complexity index is 461. The molecule has 0 bridgehead atoms. The highest BCUT2D eigenvalue weighted by atomic mass is 19.4. The van der Waals surface area contributed by atoms with Crippen LogP contribution in [0.15, 0.2) is 24.3 Å². The molecule has 1 aromatic rings. The van der Waals surface area contributed by atoms with Gasteiger partial charge in [0.2, 0.25) is 0 Å². The molecule has 0 fully saturated rings. The number of aliphatic hydroxyl groups is 1. The molecule has 0 saturated carbocycles. The average Bonchev–Trinajstić information content (AvgIpc) is 2.43. The normalized spacial score (nSPS) is 12.6. The second kappa shape index (κ2) is 8.47. The van der Waals surface area contributed by atoms with Gasteiger partial charge in [0.15, 0.2) is 6.61 Å². The molecule has 1 atom stereocenters. The Kier molecular flexibility index (Phi) is 6.97. The van der Waals surface area contributed by atoms with E-state index in [0.717, 1.165) is 5.56 Å². The quantitative estimate of drug-likeness (QED) is 0.721. The molecule has 2 amide bonds. The highest BCUT2D eigenvalue weighted by Crippen LogP contribution is 2.18. The molecule has 0 aromatic heterocycles. The molecule has 0 aliphatic carbocycles. The van der Waals surface area contributed by atoms with Crippen molar-refractivity contribution in [3.05, 3.63) is 29.8 Å². The fourth-order valence-electron chi connectivity index (χ4n) is 1.51. The molecular weight excluding hydrogens is 301 g/mol. The van der Waals surface area contributed by atoms with Gasteiger partial charge < -0.3 is 20.5 Å². The van der Waals surface area contributed by atoms with E-state index in [0.29, 0.717) is 13.0 Å². The standard InChI is InChI=1S/C14H19F3N2O3/c1-10(20)6-7-18-13(21)19-8-11-2-4-12(5-3-11)22-9-14(15,16)17/h2-5,10,20H,6-9H2,1H3,(H2,18,19,21). The predicted molar refractivity (Wildman–Crippen MR) is 74.5 cm³/mol. The van der Waals surface area contributed by atoms with E-state index in [4.69, 9.17) is 5.11 Å². The van der Waals surface area contributed by atoms with Gasteiger partial charge in [-0.1, -0.05) is 12.1 Å². The van der Waals surface area contributed by atoms with Gasteiger partial charge in [0.1, 0.15) is 5.75 Å². The van der Waals surface area contributed by atoms with Crippen LogP contribution in [0, 0.1) is 0 Å². The lowest BCUT2D eigenvalue weighted by molar-refractivity contribution is -0.153. The van der Waals surface area contributed by atoms with E-state index in [1.807, 2.05) is 0 Å². The summed E-state index contributed by atoms with van der Waals surface area (Å²) < 4.78 is 40.5. The number of nitrogens with one attached hydrogen (secondary N) is 2. The summed E-state index contributed by atoms with van der Waals surface area (Å²) in [6, 6.07) is 5.59. The largest absolute Gasteiger partial charge is 0.484 e. The summed E-state index contributed by atoms with van der Waals surface area (Å²) in [7, 11) is 0. The van der Waals surface area contributed by atoms with Crippen molar-refractivity contribution in [1.29, 1.82) is 0 Å². The van der Waals surface area contributed by atoms with Crippen LogP contribution in [0.5, 0.6) is 5.75 Å². The molecule has 124 valence electrons. The van der Waals surface area contributed by atoms with Crippen molar-refractivity contribution < 1.29 is 27.8 Å². The zero-order valence-corrected chi connectivity index (χ0v) is 12.1. The first-order chi connectivity index (χ1) is 10.3. The van der Waals surface area contributed by atoms with Crippen LogP contribution < -0.4 is 15.4 Å². The van der Waals surface area contributed by atoms with Crippen molar-refractivity contribution in [2.75, 3.05) is 13.2 Å². The molecule has 0 aliphatic rings. The number of halogens is 3. The van der Waals surface area contributed by atoms with Crippen molar-refractivity contribution in [3.63, 3.8) is 0 Å². The van der Waals surface area contributed by atoms with E-state index in [9.17, 15) is 18.0 Å². The van der Waals surface area contributed by atoms with Crippen LogP contribution in [0.2, 0.25) is 0 Å². The van der Waals surface area contributed by atoms with Gasteiger partial charge in [0, 0.05) is 13.1 Å². The highest BCUT2D eigenvalue weighted by Gasteiger charge is 2.28. The number of aliphatic hydroxyl groups excluding tert-OH is 1. The van der Waals surface area contributed by atoms with Crippen LogP contribution in [-0.2, 0) is 6.54 Å². The molecule has 1 unspecified atom stereocenters. The molecule has 0 saturated heterocycles. The summed E-state index contributed by atoms with van der Waals surface area (Å²) in [5.74, 6) is 0.113. The van der Waals surface area contributed by atoms with E-state index in [2.05, 4.69) is 15.4 Å². The Labute approximate surface area is 126 Å². The summed E-state index contributed by atoms with van der Waals surface area (Å²) in [6.07, 6.45) is -4.40. The summed E-state index contributed by atoms with van der Waals surface area (Å²) >= 11 is 0. The topological polar surface area (TPSA) is 70.6 Å². The molecule has 3 N–H and O–H groups in total. The van der Waals surface area contributed by atoms with E-state index in [1.165, 1.54) is 12.1 Å². The fraction of sp³-hybridized carbons (Fsp3) is 0.500. The minimum atomic E-state index is -4.37. The van der Waals surface area contributed by atoms with Crippen LogP contribution >= 0.6 is 0 Å². The molecular formula is C14H19F3N2O3. The van der Waals surface area contributed by atoms with E-state index < -0.39 is 18.9 Å². The molecule has 0 heterocycles. The van der Waals surface area contributed by atoms with Gasteiger partial charge in [-0.3, -0.25) is 0 Å². The number of hydrogen-bond donors (Lipinski definition) is 3. The van der Waals surface area contributed by atoms with E-state index >= 15 is 0 Å². The molecule has 1 rings (SSSR count). The van der Waals surface area contributed by atoms with Gasteiger partial charge in [-0.25, -0.2) is 4.79 Å². The van der Waals surface area contributed by atoms with Gasteiger partial charge >= 0.3 is 12.2 Å². The molecule has 0 aliphatic heterocycles. The van der Waals surface area contributed by atoms with Gasteiger partial charge in [-0.15, -0.1) is 0 Å². The van der Waals surface area contributed by atoms with Crippen LogP contribution in [0.3, 0.4) is 0 Å². The number of hydrogen-bond acceptors (Lipinski definition) is 3. The second-order valence-corrected chi connectivity index (χ2v) is 4.79. The third kappa shape index (κ3) is 8.35. The minimum Gasteiger partial charge on any atom is -0.484 e. The monoisotopic (exact) mass is 320 g/mol. The third-order valence-electron chi connectivity index (χ3n) is 2.63. The average molecular weight is 320 g/mol. The van der Waals surface area contributed by atoms with Crippen LogP contribution in [0.25, 0.3) is 0 Å². The van der Waals surface area contributed by atoms with E-state index in [1.54, 1.807) is 19.1 Å². The van der Waals surface area contributed by atoms with Crippen LogP contribution in [0.1, 0.15) is 18.9 Å². The molecule has 22 heavy (non-hydrogen) atoms. The lowest BCUT2D eigenvalue weighted by Gasteiger charge is -2.10. The second-order valence-electron chi connectivity index (χ2n) is 4.79. The lowest BCUT2D eigenvalue weighted by atomic mass is 10.2. The SMILES string of the molecule is CC(O)CCNC(=O)NCc1ccc(OCC(F)(F)F)cc1. The minimum absolute atomic E-state index is 0.113. The fourth-order valence-corrected chi connectivity index (χ4v) is 1.51. The van der Waals surface area contributed by atoms with Crippen molar-refractivity contribution in [3.8, 4) is 5.75 Å². The number of ether oxygens (including phenoxy) is 1. The molecule has 1 aromatic carbocycles. The maximum absolute atomic E-state index is 12.0. The number of amides is 2. The van der Waals surface area contributed by atoms with Gasteiger partial charge in [-0.2, -0.15) is 13.2 Å². The first-order valence-corrected chi connectivity index (χ1v) is 6.74. The van der Waals surface area contributed by atoms with Crippen molar-refractivity contribution in [2.24, 2.45) is 0 Å². The zero-order chi connectivity index (χ0) is 16.6. The molecule has 8 heteroatoms. The summed E-state index contributed by atoms with van der Waals surface area (Å²) in [4.78, 5) is 11.4. The Balaban J connectivity index is 2.30. The third-order valence-corrected chi connectivity index (χ3v) is 2.63. The lowest BCUT2D eigenvalue weighted by Crippen LogP contribution is -2.36. The smallest absolute Gasteiger partial charge is 0.422 e. The van der Waals surface area contributed by atoms with Crippen molar-refractivity contribution in [2.45, 2.75) is 32.2 Å². The van der Waals surface area contributed by atoms with Gasteiger partial charge in [0.25, 0.3) is 0 Å².